The number of nitrogens with one attached hydrogen (secondary N) is 2. The van der Waals surface area contributed by atoms with Crippen molar-refractivity contribution in [2.24, 2.45) is 0 Å². The number of benzene rings is 3. The summed E-state index contributed by atoms with van der Waals surface area (Å²) in [6, 6.07) is 18.0. The Kier molecular flexibility index (Phi) is 8.37. The van der Waals surface area contributed by atoms with E-state index in [1.807, 2.05) is 25.1 Å². The van der Waals surface area contributed by atoms with Crippen LogP contribution in [0.15, 0.2) is 71.6 Å². The molecule has 0 fully saturated rings. The minimum Gasteiger partial charge on any atom is -0.494 e. The molecule has 0 aliphatic rings. The summed E-state index contributed by atoms with van der Waals surface area (Å²) in [5, 5.41) is 2.84. The van der Waals surface area contributed by atoms with Gasteiger partial charge in [-0.1, -0.05) is 6.07 Å². The van der Waals surface area contributed by atoms with Crippen molar-refractivity contribution in [3.63, 3.8) is 0 Å². The van der Waals surface area contributed by atoms with E-state index in [9.17, 15) is 13.2 Å². The molecule has 3 aromatic carbocycles. The number of rotatable bonds is 11. The maximum Gasteiger partial charge on any atom is 0.261 e. The zero-order valence-corrected chi connectivity index (χ0v) is 20.1. The summed E-state index contributed by atoms with van der Waals surface area (Å²) in [6.45, 7) is 2.81. The first-order valence-electron chi connectivity index (χ1n) is 10.7. The molecule has 0 saturated heterocycles. The summed E-state index contributed by atoms with van der Waals surface area (Å²) in [6.07, 6.45) is 0.602. The van der Waals surface area contributed by atoms with E-state index in [0.29, 0.717) is 48.1 Å². The van der Waals surface area contributed by atoms with E-state index >= 15 is 0 Å². The van der Waals surface area contributed by atoms with Gasteiger partial charge in [-0.15, -0.1) is 0 Å². The van der Waals surface area contributed by atoms with Crippen LogP contribution >= 0.6 is 0 Å². The fraction of sp³-hybridized carbons (Fsp3) is 0.240. The lowest BCUT2D eigenvalue weighted by Gasteiger charge is -2.11. The molecule has 9 heteroatoms. The van der Waals surface area contributed by atoms with Crippen molar-refractivity contribution < 1.29 is 27.4 Å². The molecule has 0 saturated carbocycles. The highest BCUT2D eigenvalue weighted by atomic mass is 32.2. The number of methoxy groups -OCH3 is 2. The second-order valence-corrected chi connectivity index (χ2v) is 8.96. The van der Waals surface area contributed by atoms with Crippen LogP contribution in [-0.2, 0) is 16.4 Å². The number of carbonyl (C=O) groups excluding carboxylic acids is 1. The zero-order valence-electron chi connectivity index (χ0n) is 19.3. The molecule has 0 unspecified atom stereocenters. The number of ether oxygens (including phenoxy) is 3. The molecule has 0 spiro atoms. The average Bonchev–Trinajstić information content (AvgIpc) is 2.85. The van der Waals surface area contributed by atoms with E-state index in [1.54, 1.807) is 38.5 Å². The normalized spacial score (nSPS) is 10.9. The average molecular weight is 485 g/mol. The Hall–Kier alpha value is -3.72. The smallest absolute Gasteiger partial charge is 0.261 e. The maximum atomic E-state index is 12.7. The number of anilines is 1. The number of amides is 1. The van der Waals surface area contributed by atoms with Gasteiger partial charge in [-0.25, -0.2) is 8.42 Å². The third kappa shape index (κ3) is 6.41. The van der Waals surface area contributed by atoms with Crippen LogP contribution in [0.3, 0.4) is 0 Å². The van der Waals surface area contributed by atoms with Crippen molar-refractivity contribution in [1.82, 2.24) is 5.32 Å². The molecule has 34 heavy (non-hydrogen) atoms. The van der Waals surface area contributed by atoms with E-state index in [-0.39, 0.29) is 10.8 Å². The minimum atomic E-state index is -3.79. The number of sulfonamides is 1. The number of carbonyl (C=O) groups is 1. The summed E-state index contributed by atoms with van der Waals surface area (Å²) in [5.74, 6) is 1.64. The van der Waals surface area contributed by atoms with Gasteiger partial charge in [-0.3, -0.25) is 9.52 Å². The summed E-state index contributed by atoms with van der Waals surface area (Å²) < 4.78 is 43.7. The molecule has 180 valence electrons. The topological polar surface area (TPSA) is 103 Å². The van der Waals surface area contributed by atoms with Gasteiger partial charge in [-0.2, -0.15) is 0 Å². The molecule has 3 aromatic rings. The molecule has 3 rings (SSSR count). The van der Waals surface area contributed by atoms with Crippen molar-refractivity contribution in [2.75, 3.05) is 32.1 Å². The number of hydrogen-bond donors (Lipinski definition) is 2. The minimum absolute atomic E-state index is 0.0586. The van der Waals surface area contributed by atoms with Crippen LogP contribution in [0.4, 0.5) is 5.69 Å². The molecule has 0 atom stereocenters. The Labute approximate surface area is 199 Å². The fourth-order valence-electron chi connectivity index (χ4n) is 3.24. The molecular formula is C25H28N2O6S. The van der Waals surface area contributed by atoms with Gasteiger partial charge in [0.2, 0.25) is 0 Å². The molecule has 2 N–H and O–H groups in total. The fourth-order valence-corrected chi connectivity index (χ4v) is 4.30. The molecule has 0 bridgehead atoms. The van der Waals surface area contributed by atoms with Crippen LogP contribution in [0, 0.1) is 0 Å². The van der Waals surface area contributed by atoms with Gasteiger partial charge < -0.3 is 19.5 Å². The predicted octanol–water partition coefficient (Wildman–Crippen LogP) is 3.88. The van der Waals surface area contributed by atoms with Crippen molar-refractivity contribution in [3.8, 4) is 17.2 Å². The molecule has 1 amide bonds. The highest BCUT2D eigenvalue weighted by Crippen LogP contribution is 2.27. The molecule has 0 radical (unpaired) electrons. The first-order valence-corrected chi connectivity index (χ1v) is 12.2. The molecular weight excluding hydrogens is 456 g/mol. The SMILES string of the molecule is CCOc1ccc(NS(=O)(=O)c2ccc(C(=O)NCCc3ccc(OC)c(OC)c3)cc2)cc1. The maximum absolute atomic E-state index is 12.7. The summed E-state index contributed by atoms with van der Waals surface area (Å²) >= 11 is 0. The van der Waals surface area contributed by atoms with E-state index < -0.39 is 10.0 Å². The monoisotopic (exact) mass is 484 g/mol. The molecule has 0 aliphatic carbocycles. The Morgan fingerprint density at radius 1 is 0.882 bits per heavy atom. The van der Waals surface area contributed by atoms with Gasteiger partial charge in [0, 0.05) is 17.8 Å². The Bertz CT molecular complexity index is 1210. The third-order valence-electron chi connectivity index (χ3n) is 4.99. The zero-order chi connectivity index (χ0) is 24.6. The van der Waals surface area contributed by atoms with Crippen molar-refractivity contribution in [2.45, 2.75) is 18.2 Å². The van der Waals surface area contributed by atoms with Gasteiger partial charge in [0.05, 0.1) is 25.7 Å². The lowest BCUT2D eigenvalue weighted by Crippen LogP contribution is -2.25. The summed E-state index contributed by atoms with van der Waals surface area (Å²) in [5.41, 5.74) is 1.77. The molecule has 0 aliphatic heterocycles. The third-order valence-corrected chi connectivity index (χ3v) is 6.39. The summed E-state index contributed by atoms with van der Waals surface area (Å²) in [7, 11) is -0.647. The van der Waals surface area contributed by atoms with E-state index in [2.05, 4.69) is 10.0 Å². The molecule has 0 heterocycles. The van der Waals surface area contributed by atoms with Crippen molar-refractivity contribution in [1.29, 1.82) is 0 Å². The van der Waals surface area contributed by atoms with Gasteiger partial charge in [0.1, 0.15) is 5.75 Å². The van der Waals surface area contributed by atoms with Gasteiger partial charge in [0.15, 0.2) is 11.5 Å². The quantitative estimate of drug-likeness (QED) is 0.428. The Morgan fingerprint density at radius 3 is 2.18 bits per heavy atom. The van der Waals surface area contributed by atoms with E-state index in [0.717, 1.165) is 5.56 Å². The highest BCUT2D eigenvalue weighted by molar-refractivity contribution is 7.92. The Morgan fingerprint density at radius 2 is 1.56 bits per heavy atom. The van der Waals surface area contributed by atoms with Crippen LogP contribution in [0.25, 0.3) is 0 Å². The van der Waals surface area contributed by atoms with Crippen LogP contribution in [-0.4, -0.2) is 41.7 Å². The van der Waals surface area contributed by atoms with Crippen molar-refractivity contribution in [3.05, 3.63) is 77.9 Å². The van der Waals surface area contributed by atoms with Crippen LogP contribution < -0.4 is 24.2 Å². The second-order valence-electron chi connectivity index (χ2n) is 7.28. The van der Waals surface area contributed by atoms with Gasteiger partial charge >= 0.3 is 0 Å². The standard InChI is InChI=1S/C25H28N2O6S/c1-4-33-21-10-8-20(9-11-21)27-34(29,30)22-12-6-19(7-13-22)25(28)26-16-15-18-5-14-23(31-2)24(17-18)32-3/h5-14,17,27H,4,15-16H2,1-3H3,(H,26,28). The van der Waals surface area contributed by atoms with Crippen LogP contribution in [0.2, 0.25) is 0 Å². The van der Waals surface area contributed by atoms with E-state index in [4.69, 9.17) is 14.2 Å². The van der Waals surface area contributed by atoms with Gasteiger partial charge in [-0.05, 0) is 79.6 Å². The largest absolute Gasteiger partial charge is 0.494 e. The number of hydrogen-bond acceptors (Lipinski definition) is 6. The second kappa shape index (κ2) is 11.4. The Balaban J connectivity index is 1.57. The first-order chi connectivity index (χ1) is 16.4. The molecule has 8 nitrogen and oxygen atoms in total. The molecule has 0 aromatic heterocycles. The van der Waals surface area contributed by atoms with Crippen LogP contribution in [0.5, 0.6) is 17.2 Å². The first kappa shape index (κ1) is 24.9. The highest BCUT2D eigenvalue weighted by Gasteiger charge is 2.15. The van der Waals surface area contributed by atoms with E-state index in [1.165, 1.54) is 24.3 Å². The predicted molar refractivity (Wildman–Crippen MR) is 130 cm³/mol. The van der Waals surface area contributed by atoms with Crippen LogP contribution in [0.1, 0.15) is 22.8 Å². The summed E-state index contributed by atoms with van der Waals surface area (Å²) in [4.78, 5) is 12.5. The lowest BCUT2D eigenvalue weighted by molar-refractivity contribution is 0.0954. The van der Waals surface area contributed by atoms with Crippen molar-refractivity contribution >= 4 is 21.6 Å². The van der Waals surface area contributed by atoms with Gasteiger partial charge in [0.25, 0.3) is 15.9 Å². The lowest BCUT2D eigenvalue weighted by atomic mass is 10.1.